The lowest BCUT2D eigenvalue weighted by Crippen LogP contribution is -1.94. The first-order chi connectivity index (χ1) is 7.16. The Morgan fingerprint density at radius 3 is 2.73 bits per heavy atom. The maximum atomic E-state index is 12.5. The lowest BCUT2D eigenvalue weighted by molar-refractivity contribution is 0.0691. The molecule has 15 heavy (non-hydrogen) atoms. The molecule has 2 heterocycles. The third-order valence-electron chi connectivity index (χ3n) is 1.97. The van der Waals surface area contributed by atoms with Crippen molar-refractivity contribution in [3.8, 4) is 11.1 Å². The van der Waals surface area contributed by atoms with Crippen LogP contribution in [0, 0.1) is 5.95 Å². The molecule has 2 aromatic rings. The highest BCUT2D eigenvalue weighted by atomic mass is 19.1. The van der Waals surface area contributed by atoms with Crippen molar-refractivity contribution in [2.75, 3.05) is 0 Å². The molecule has 0 saturated carbocycles. The Morgan fingerprint density at radius 2 is 2.20 bits per heavy atom. The van der Waals surface area contributed by atoms with Crippen LogP contribution in [0.2, 0.25) is 0 Å². The smallest absolute Gasteiger partial charge is 0.352 e. The van der Waals surface area contributed by atoms with Gasteiger partial charge in [-0.15, -0.1) is 0 Å². The number of hydrogen-bond acceptors (Lipinski definition) is 2. The van der Waals surface area contributed by atoms with Crippen LogP contribution in [-0.4, -0.2) is 21.0 Å². The topological polar surface area (TPSA) is 66.0 Å². The first kappa shape index (κ1) is 9.39. The Morgan fingerprint density at radius 1 is 1.40 bits per heavy atom. The predicted molar refractivity (Wildman–Crippen MR) is 50.9 cm³/mol. The van der Waals surface area contributed by atoms with Crippen molar-refractivity contribution >= 4 is 5.97 Å². The third kappa shape index (κ3) is 1.85. The first-order valence-corrected chi connectivity index (χ1v) is 4.20. The van der Waals surface area contributed by atoms with E-state index in [1.165, 1.54) is 24.4 Å². The second kappa shape index (κ2) is 3.53. The summed E-state index contributed by atoms with van der Waals surface area (Å²) in [4.78, 5) is 16.7. The van der Waals surface area contributed by atoms with Gasteiger partial charge >= 0.3 is 5.97 Å². The van der Waals surface area contributed by atoms with Crippen LogP contribution in [0.1, 0.15) is 10.5 Å². The number of rotatable bonds is 2. The van der Waals surface area contributed by atoms with Crippen molar-refractivity contribution in [1.29, 1.82) is 0 Å². The standard InChI is InChI=1S/C10H7FN2O2/c11-9-2-1-6(4-13-9)7-3-8(10(14)15)12-5-7/h1-5,12H,(H,14,15). The first-order valence-electron chi connectivity index (χ1n) is 4.20. The molecule has 0 bridgehead atoms. The number of carboxylic acid groups (broad SMARTS) is 1. The molecule has 0 fully saturated rings. The molecule has 5 heteroatoms. The summed E-state index contributed by atoms with van der Waals surface area (Å²) in [6.07, 6.45) is 2.89. The van der Waals surface area contributed by atoms with Crippen LogP contribution in [0.5, 0.6) is 0 Å². The fraction of sp³-hybridized carbons (Fsp3) is 0. The number of H-pyrrole nitrogens is 1. The monoisotopic (exact) mass is 206 g/mol. The van der Waals surface area contributed by atoms with Crippen LogP contribution in [-0.2, 0) is 0 Å². The molecule has 4 nitrogen and oxygen atoms in total. The minimum Gasteiger partial charge on any atom is -0.477 e. The predicted octanol–water partition coefficient (Wildman–Crippen LogP) is 1.91. The van der Waals surface area contributed by atoms with Crippen molar-refractivity contribution < 1.29 is 14.3 Å². The highest BCUT2D eigenvalue weighted by molar-refractivity contribution is 5.87. The van der Waals surface area contributed by atoms with Crippen LogP contribution in [0.15, 0.2) is 30.6 Å². The minimum atomic E-state index is -1.03. The second-order valence-electron chi connectivity index (χ2n) is 2.98. The number of aromatic nitrogens is 2. The van der Waals surface area contributed by atoms with E-state index in [-0.39, 0.29) is 5.69 Å². The van der Waals surface area contributed by atoms with Gasteiger partial charge in [-0.25, -0.2) is 9.78 Å². The van der Waals surface area contributed by atoms with E-state index >= 15 is 0 Å². The summed E-state index contributed by atoms with van der Waals surface area (Å²) in [5.74, 6) is -1.59. The number of halogens is 1. The number of aromatic amines is 1. The normalized spacial score (nSPS) is 10.2. The van der Waals surface area contributed by atoms with E-state index < -0.39 is 11.9 Å². The fourth-order valence-electron chi connectivity index (χ4n) is 1.23. The lowest BCUT2D eigenvalue weighted by atomic mass is 10.1. The van der Waals surface area contributed by atoms with Gasteiger partial charge in [-0.1, -0.05) is 0 Å². The maximum absolute atomic E-state index is 12.5. The average Bonchev–Trinajstić information content (AvgIpc) is 2.68. The van der Waals surface area contributed by atoms with Gasteiger partial charge in [-0.05, 0) is 18.2 Å². The van der Waals surface area contributed by atoms with Crippen molar-refractivity contribution in [2.45, 2.75) is 0 Å². The molecule has 0 aliphatic heterocycles. The number of carbonyl (C=O) groups is 1. The molecule has 0 unspecified atom stereocenters. The van der Waals surface area contributed by atoms with E-state index in [4.69, 9.17) is 5.11 Å². The Labute approximate surface area is 84.4 Å². The Balaban J connectivity index is 2.37. The van der Waals surface area contributed by atoms with Crippen molar-refractivity contribution in [1.82, 2.24) is 9.97 Å². The molecule has 0 radical (unpaired) electrons. The van der Waals surface area contributed by atoms with Crippen LogP contribution in [0.4, 0.5) is 4.39 Å². The summed E-state index contributed by atoms with van der Waals surface area (Å²) in [6, 6.07) is 4.23. The molecular weight excluding hydrogens is 199 g/mol. The van der Waals surface area contributed by atoms with E-state index in [0.29, 0.717) is 11.1 Å². The van der Waals surface area contributed by atoms with Gasteiger partial charge in [0.1, 0.15) is 5.69 Å². The minimum absolute atomic E-state index is 0.0920. The highest BCUT2D eigenvalue weighted by Gasteiger charge is 2.07. The van der Waals surface area contributed by atoms with E-state index in [2.05, 4.69) is 9.97 Å². The zero-order valence-corrected chi connectivity index (χ0v) is 7.57. The zero-order valence-electron chi connectivity index (χ0n) is 7.57. The lowest BCUT2D eigenvalue weighted by Gasteiger charge is -1.94. The summed E-state index contributed by atoms with van der Waals surface area (Å²) in [5.41, 5.74) is 1.43. The van der Waals surface area contributed by atoms with Gasteiger partial charge in [0.05, 0.1) is 0 Å². The second-order valence-corrected chi connectivity index (χ2v) is 2.98. The molecule has 0 saturated heterocycles. The van der Waals surface area contributed by atoms with Crippen molar-refractivity contribution in [3.05, 3.63) is 42.2 Å². The molecule has 2 aromatic heterocycles. The molecule has 0 aliphatic carbocycles. The molecule has 2 N–H and O–H groups in total. The van der Waals surface area contributed by atoms with Gasteiger partial charge in [0.15, 0.2) is 0 Å². The number of carboxylic acids is 1. The van der Waals surface area contributed by atoms with E-state index in [1.54, 1.807) is 6.20 Å². The fourth-order valence-corrected chi connectivity index (χ4v) is 1.23. The van der Waals surface area contributed by atoms with E-state index in [0.717, 1.165) is 0 Å². The Bertz CT molecular complexity index is 490. The number of pyridine rings is 1. The van der Waals surface area contributed by atoms with Gasteiger partial charge < -0.3 is 10.1 Å². The molecule has 2 rings (SSSR count). The number of nitrogens with one attached hydrogen (secondary N) is 1. The largest absolute Gasteiger partial charge is 0.477 e. The third-order valence-corrected chi connectivity index (χ3v) is 1.97. The average molecular weight is 206 g/mol. The van der Waals surface area contributed by atoms with Crippen LogP contribution in [0.25, 0.3) is 11.1 Å². The number of hydrogen-bond donors (Lipinski definition) is 2. The number of nitrogens with zero attached hydrogens (tertiary/aromatic N) is 1. The molecule has 0 amide bonds. The van der Waals surface area contributed by atoms with Gasteiger partial charge in [0.25, 0.3) is 0 Å². The molecule has 0 spiro atoms. The SMILES string of the molecule is O=C(O)c1cc(-c2ccc(F)nc2)c[nH]1. The van der Waals surface area contributed by atoms with Gasteiger partial charge in [0.2, 0.25) is 5.95 Å². The summed E-state index contributed by atoms with van der Waals surface area (Å²) in [7, 11) is 0. The van der Waals surface area contributed by atoms with Crippen molar-refractivity contribution in [3.63, 3.8) is 0 Å². The number of aromatic carboxylic acids is 1. The Hall–Kier alpha value is -2.17. The summed E-state index contributed by atoms with van der Waals surface area (Å²) in [5, 5.41) is 8.68. The Kier molecular flexibility index (Phi) is 2.21. The summed E-state index contributed by atoms with van der Waals surface area (Å²) < 4.78 is 12.5. The zero-order chi connectivity index (χ0) is 10.8. The molecule has 0 aromatic carbocycles. The maximum Gasteiger partial charge on any atom is 0.352 e. The van der Waals surface area contributed by atoms with E-state index in [1.807, 2.05) is 0 Å². The van der Waals surface area contributed by atoms with Crippen LogP contribution in [0.3, 0.4) is 0 Å². The van der Waals surface area contributed by atoms with Gasteiger partial charge in [0, 0.05) is 23.5 Å². The summed E-state index contributed by atoms with van der Waals surface area (Å²) >= 11 is 0. The van der Waals surface area contributed by atoms with Gasteiger partial charge in [-0.3, -0.25) is 0 Å². The summed E-state index contributed by atoms with van der Waals surface area (Å²) in [6.45, 7) is 0. The molecule has 76 valence electrons. The molecule has 0 atom stereocenters. The van der Waals surface area contributed by atoms with Crippen LogP contribution < -0.4 is 0 Å². The highest BCUT2D eigenvalue weighted by Crippen LogP contribution is 2.19. The molecule has 0 aliphatic rings. The van der Waals surface area contributed by atoms with Crippen molar-refractivity contribution in [2.24, 2.45) is 0 Å². The van der Waals surface area contributed by atoms with Gasteiger partial charge in [-0.2, -0.15) is 4.39 Å². The quantitative estimate of drug-likeness (QED) is 0.737. The van der Waals surface area contributed by atoms with Crippen LogP contribution >= 0.6 is 0 Å². The molecular formula is C10H7FN2O2. The van der Waals surface area contributed by atoms with E-state index in [9.17, 15) is 9.18 Å².